The van der Waals surface area contributed by atoms with E-state index >= 15 is 0 Å². The smallest absolute Gasteiger partial charge is 0.409 e. The SMILES string of the molecule is CCOC(=O)N1CCCC(C(=O)NC(C)c2ccncc2)C1. The molecule has 1 aliphatic heterocycles. The van der Waals surface area contributed by atoms with Crippen molar-refractivity contribution in [2.45, 2.75) is 32.7 Å². The third-order valence-corrected chi connectivity index (χ3v) is 3.88. The van der Waals surface area contributed by atoms with E-state index in [4.69, 9.17) is 4.74 Å². The second kappa shape index (κ2) is 7.77. The van der Waals surface area contributed by atoms with Crippen LogP contribution >= 0.6 is 0 Å². The molecule has 1 aromatic heterocycles. The van der Waals surface area contributed by atoms with Gasteiger partial charge < -0.3 is 15.0 Å². The summed E-state index contributed by atoms with van der Waals surface area (Å²) in [5.41, 5.74) is 1.02. The third-order valence-electron chi connectivity index (χ3n) is 3.88. The molecule has 1 fully saturated rings. The first-order valence-corrected chi connectivity index (χ1v) is 7.73. The average Bonchev–Trinajstić information content (AvgIpc) is 2.56. The monoisotopic (exact) mass is 305 g/mol. The number of carbonyl (C=O) groups is 2. The summed E-state index contributed by atoms with van der Waals surface area (Å²) in [5, 5.41) is 3.01. The normalized spacial score (nSPS) is 19.4. The highest BCUT2D eigenvalue weighted by Gasteiger charge is 2.29. The van der Waals surface area contributed by atoms with Gasteiger partial charge in [-0.2, -0.15) is 0 Å². The maximum absolute atomic E-state index is 12.4. The van der Waals surface area contributed by atoms with Gasteiger partial charge in [-0.15, -0.1) is 0 Å². The number of carbonyl (C=O) groups excluding carboxylic acids is 2. The summed E-state index contributed by atoms with van der Waals surface area (Å²) in [4.78, 5) is 29.8. The lowest BCUT2D eigenvalue weighted by molar-refractivity contribution is -0.127. The lowest BCUT2D eigenvalue weighted by Crippen LogP contribution is -2.46. The molecule has 22 heavy (non-hydrogen) atoms. The molecular formula is C16H23N3O3. The zero-order valence-corrected chi connectivity index (χ0v) is 13.1. The highest BCUT2D eigenvalue weighted by atomic mass is 16.6. The van der Waals surface area contributed by atoms with Crippen LogP contribution in [-0.4, -0.2) is 41.6 Å². The van der Waals surface area contributed by atoms with Gasteiger partial charge in [0.15, 0.2) is 0 Å². The fourth-order valence-corrected chi connectivity index (χ4v) is 2.64. The highest BCUT2D eigenvalue weighted by Crippen LogP contribution is 2.19. The van der Waals surface area contributed by atoms with Crippen LogP contribution in [0.2, 0.25) is 0 Å². The molecule has 2 amide bonds. The molecule has 1 N–H and O–H groups in total. The summed E-state index contributed by atoms with van der Waals surface area (Å²) in [7, 11) is 0. The number of piperidine rings is 1. The second-order valence-corrected chi connectivity index (χ2v) is 5.49. The fraction of sp³-hybridized carbons (Fsp3) is 0.562. The summed E-state index contributed by atoms with van der Waals surface area (Å²) in [6, 6.07) is 3.70. The van der Waals surface area contributed by atoms with Gasteiger partial charge in [-0.3, -0.25) is 9.78 Å². The number of hydrogen-bond acceptors (Lipinski definition) is 4. The van der Waals surface area contributed by atoms with E-state index in [1.807, 2.05) is 19.1 Å². The average molecular weight is 305 g/mol. The molecule has 2 unspecified atom stereocenters. The van der Waals surface area contributed by atoms with Crippen molar-refractivity contribution < 1.29 is 14.3 Å². The molecule has 1 aliphatic rings. The van der Waals surface area contributed by atoms with Gasteiger partial charge in [0.05, 0.1) is 18.6 Å². The minimum absolute atomic E-state index is 0.0155. The van der Waals surface area contributed by atoms with Crippen molar-refractivity contribution in [1.82, 2.24) is 15.2 Å². The van der Waals surface area contributed by atoms with Gasteiger partial charge in [0.25, 0.3) is 0 Å². The van der Waals surface area contributed by atoms with Crippen molar-refractivity contribution in [3.8, 4) is 0 Å². The van der Waals surface area contributed by atoms with E-state index in [2.05, 4.69) is 10.3 Å². The first-order valence-electron chi connectivity index (χ1n) is 7.73. The molecule has 0 bridgehead atoms. The summed E-state index contributed by atoms with van der Waals surface area (Å²) in [6.07, 6.45) is 4.70. The molecule has 0 aliphatic carbocycles. The molecule has 2 rings (SSSR count). The topological polar surface area (TPSA) is 71.5 Å². The largest absolute Gasteiger partial charge is 0.450 e. The van der Waals surface area contributed by atoms with Gasteiger partial charge in [0.2, 0.25) is 5.91 Å². The van der Waals surface area contributed by atoms with Crippen molar-refractivity contribution >= 4 is 12.0 Å². The van der Waals surface area contributed by atoms with Crippen molar-refractivity contribution in [1.29, 1.82) is 0 Å². The van der Waals surface area contributed by atoms with Crippen LogP contribution in [-0.2, 0) is 9.53 Å². The summed E-state index contributed by atoms with van der Waals surface area (Å²) in [5.74, 6) is -0.194. The van der Waals surface area contributed by atoms with E-state index in [9.17, 15) is 9.59 Å². The van der Waals surface area contributed by atoms with Crippen LogP contribution in [0.4, 0.5) is 4.79 Å². The Hall–Kier alpha value is -2.11. The minimum Gasteiger partial charge on any atom is -0.450 e. The van der Waals surface area contributed by atoms with E-state index in [1.165, 1.54) is 0 Å². The molecule has 2 atom stereocenters. The Morgan fingerprint density at radius 1 is 1.45 bits per heavy atom. The van der Waals surface area contributed by atoms with Crippen molar-refractivity contribution in [3.63, 3.8) is 0 Å². The molecule has 6 heteroatoms. The number of amides is 2. The highest BCUT2D eigenvalue weighted by molar-refractivity contribution is 5.80. The first kappa shape index (κ1) is 16.3. The standard InChI is InChI=1S/C16H23N3O3/c1-3-22-16(21)19-10-4-5-14(11-19)15(20)18-12(2)13-6-8-17-9-7-13/h6-9,12,14H,3-5,10-11H2,1-2H3,(H,18,20). The van der Waals surface area contributed by atoms with Crippen molar-refractivity contribution in [2.75, 3.05) is 19.7 Å². The minimum atomic E-state index is -0.331. The predicted molar refractivity (Wildman–Crippen MR) is 82.1 cm³/mol. The van der Waals surface area contributed by atoms with Crippen LogP contribution in [0.25, 0.3) is 0 Å². The van der Waals surface area contributed by atoms with Gasteiger partial charge in [-0.1, -0.05) is 0 Å². The molecule has 0 radical (unpaired) electrons. The maximum atomic E-state index is 12.4. The zero-order chi connectivity index (χ0) is 15.9. The summed E-state index contributed by atoms with van der Waals surface area (Å²) < 4.78 is 5.01. The van der Waals surface area contributed by atoms with Crippen molar-refractivity contribution in [2.24, 2.45) is 5.92 Å². The predicted octanol–water partition coefficient (Wildman–Crippen LogP) is 2.13. The van der Waals surface area contributed by atoms with E-state index < -0.39 is 0 Å². The van der Waals surface area contributed by atoms with Crippen molar-refractivity contribution in [3.05, 3.63) is 30.1 Å². The van der Waals surface area contributed by atoms with E-state index in [0.717, 1.165) is 18.4 Å². The van der Waals surface area contributed by atoms with Gasteiger partial charge in [0, 0.05) is 25.5 Å². The number of aromatic nitrogens is 1. The fourth-order valence-electron chi connectivity index (χ4n) is 2.64. The lowest BCUT2D eigenvalue weighted by Gasteiger charge is -2.31. The number of nitrogens with one attached hydrogen (secondary N) is 1. The van der Waals surface area contributed by atoms with Gasteiger partial charge in [-0.05, 0) is 44.4 Å². The number of hydrogen-bond donors (Lipinski definition) is 1. The second-order valence-electron chi connectivity index (χ2n) is 5.49. The molecule has 1 saturated heterocycles. The number of rotatable bonds is 4. The zero-order valence-electron chi connectivity index (χ0n) is 13.1. The van der Waals surface area contributed by atoms with Gasteiger partial charge in [0.1, 0.15) is 0 Å². The maximum Gasteiger partial charge on any atom is 0.409 e. The molecular weight excluding hydrogens is 282 g/mol. The number of pyridine rings is 1. The Kier molecular flexibility index (Phi) is 5.75. The van der Waals surface area contributed by atoms with Crippen LogP contribution in [0.5, 0.6) is 0 Å². The summed E-state index contributed by atoms with van der Waals surface area (Å²) in [6.45, 7) is 5.16. The van der Waals surface area contributed by atoms with Crippen LogP contribution in [0.3, 0.4) is 0 Å². The van der Waals surface area contributed by atoms with Gasteiger partial charge in [-0.25, -0.2) is 4.79 Å². The van der Waals surface area contributed by atoms with E-state index in [1.54, 1.807) is 24.2 Å². The van der Waals surface area contributed by atoms with Crippen LogP contribution < -0.4 is 5.32 Å². The first-order chi connectivity index (χ1) is 10.6. The van der Waals surface area contributed by atoms with Crippen LogP contribution in [0.1, 0.15) is 38.3 Å². The Morgan fingerprint density at radius 3 is 2.86 bits per heavy atom. The molecule has 0 aromatic carbocycles. The molecule has 6 nitrogen and oxygen atoms in total. The Morgan fingerprint density at radius 2 is 2.18 bits per heavy atom. The van der Waals surface area contributed by atoms with Crippen LogP contribution in [0, 0.1) is 5.92 Å². The summed E-state index contributed by atoms with van der Waals surface area (Å²) >= 11 is 0. The quantitative estimate of drug-likeness (QED) is 0.925. The van der Waals surface area contributed by atoms with E-state index in [-0.39, 0.29) is 24.0 Å². The molecule has 120 valence electrons. The molecule has 0 saturated carbocycles. The Balaban J connectivity index is 1.90. The molecule has 0 spiro atoms. The van der Waals surface area contributed by atoms with Gasteiger partial charge >= 0.3 is 6.09 Å². The molecule has 1 aromatic rings. The van der Waals surface area contributed by atoms with Crippen LogP contribution in [0.15, 0.2) is 24.5 Å². The lowest BCUT2D eigenvalue weighted by atomic mass is 9.96. The molecule has 2 heterocycles. The number of likely N-dealkylation sites (tertiary alicyclic amines) is 1. The van der Waals surface area contributed by atoms with E-state index in [0.29, 0.717) is 19.7 Å². The Labute approximate surface area is 130 Å². The third kappa shape index (κ3) is 4.19. The number of nitrogens with zero attached hydrogens (tertiary/aromatic N) is 2. The number of ether oxygens (including phenoxy) is 1. The Bertz CT molecular complexity index is 507.